The first-order valence-corrected chi connectivity index (χ1v) is 8.60. The van der Waals surface area contributed by atoms with Crippen LogP contribution in [0.5, 0.6) is 0 Å². The van der Waals surface area contributed by atoms with Crippen molar-refractivity contribution in [1.82, 2.24) is 5.32 Å². The van der Waals surface area contributed by atoms with Crippen LogP contribution in [-0.2, 0) is 11.2 Å². The fraction of sp³-hybridized carbons (Fsp3) is 0.600. The number of nitrogens with one attached hydrogen (secondary N) is 1. The molecule has 2 nitrogen and oxygen atoms in total. The molecule has 1 N–H and O–H groups in total. The molecule has 22 heavy (non-hydrogen) atoms. The highest BCUT2D eigenvalue weighted by Gasteiger charge is 2.40. The van der Waals surface area contributed by atoms with Crippen LogP contribution >= 0.6 is 0 Å². The van der Waals surface area contributed by atoms with Crippen molar-refractivity contribution in [2.45, 2.75) is 52.0 Å². The van der Waals surface area contributed by atoms with Gasteiger partial charge in [0.15, 0.2) is 0 Å². The molecule has 1 aromatic rings. The van der Waals surface area contributed by atoms with Gasteiger partial charge in [0, 0.05) is 12.6 Å². The fourth-order valence-electron chi connectivity index (χ4n) is 4.20. The van der Waals surface area contributed by atoms with Gasteiger partial charge in [0.1, 0.15) is 0 Å². The molecular weight excluding hydrogens is 270 g/mol. The van der Waals surface area contributed by atoms with Crippen LogP contribution < -0.4 is 5.32 Å². The van der Waals surface area contributed by atoms with Gasteiger partial charge in [-0.2, -0.15) is 0 Å². The molecule has 1 fully saturated rings. The van der Waals surface area contributed by atoms with Crippen LogP contribution in [0.15, 0.2) is 17.7 Å². The summed E-state index contributed by atoms with van der Waals surface area (Å²) in [7, 11) is 1.82. The van der Waals surface area contributed by atoms with Gasteiger partial charge in [-0.3, -0.25) is 0 Å². The molecule has 1 saturated heterocycles. The summed E-state index contributed by atoms with van der Waals surface area (Å²) in [6.45, 7) is 8.75. The minimum atomic E-state index is 0.137. The van der Waals surface area contributed by atoms with Crippen molar-refractivity contribution in [1.29, 1.82) is 0 Å². The lowest BCUT2D eigenvalue weighted by atomic mass is 9.75. The van der Waals surface area contributed by atoms with E-state index >= 15 is 0 Å². The minimum absolute atomic E-state index is 0.137. The van der Waals surface area contributed by atoms with Gasteiger partial charge in [-0.25, -0.2) is 0 Å². The predicted octanol–water partition coefficient (Wildman–Crippen LogP) is 4.04. The molecule has 0 spiro atoms. The van der Waals surface area contributed by atoms with E-state index < -0.39 is 0 Å². The molecule has 0 saturated carbocycles. The summed E-state index contributed by atoms with van der Waals surface area (Å²) in [6.07, 6.45) is 7.29. The Morgan fingerprint density at radius 3 is 2.68 bits per heavy atom. The van der Waals surface area contributed by atoms with E-state index in [9.17, 15) is 0 Å². The van der Waals surface area contributed by atoms with E-state index in [1.165, 1.54) is 47.9 Å². The zero-order valence-corrected chi connectivity index (χ0v) is 14.5. The van der Waals surface area contributed by atoms with Gasteiger partial charge in [-0.1, -0.05) is 30.7 Å². The Hall–Kier alpha value is -1.12. The zero-order valence-electron chi connectivity index (χ0n) is 14.5. The summed E-state index contributed by atoms with van der Waals surface area (Å²) in [6, 6.07) is 4.74. The van der Waals surface area contributed by atoms with Crippen LogP contribution in [0, 0.1) is 19.8 Å². The highest BCUT2D eigenvalue weighted by Crippen LogP contribution is 2.38. The molecule has 2 heteroatoms. The predicted molar refractivity (Wildman–Crippen MR) is 93.2 cm³/mol. The summed E-state index contributed by atoms with van der Waals surface area (Å²) >= 11 is 0. The molecule has 2 unspecified atom stereocenters. The molecule has 2 aliphatic rings. The van der Waals surface area contributed by atoms with Crippen molar-refractivity contribution in [3.8, 4) is 0 Å². The number of ether oxygens (including phenoxy) is 1. The first-order valence-electron chi connectivity index (χ1n) is 8.60. The molecule has 1 aliphatic carbocycles. The monoisotopic (exact) mass is 299 g/mol. The van der Waals surface area contributed by atoms with Crippen LogP contribution in [0.25, 0.3) is 6.08 Å². The quantitative estimate of drug-likeness (QED) is 0.906. The molecule has 0 amide bonds. The second-order valence-corrected chi connectivity index (χ2v) is 7.20. The molecule has 3 rings (SSSR count). The third-order valence-corrected chi connectivity index (χ3v) is 5.84. The van der Waals surface area contributed by atoms with Crippen LogP contribution in [0.2, 0.25) is 0 Å². The van der Waals surface area contributed by atoms with Gasteiger partial charge in [0.2, 0.25) is 0 Å². The molecule has 0 bridgehead atoms. The second-order valence-electron chi connectivity index (χ2n) is 7.20. The number of methoxy groups -OCH3 is 1. The van der Waals surface area contributed by atoms with E-state index in [4.69, 9.17) is 4.74 Å². The van der Waals surface area contributed by atoms with Gasteiger partial charge >= 0.3 is 0 Å². The first-order chi connectivity index (χ1) is 10.6. The molecule has 2 atom stereocenters. The summed E-state index contributed by atoms with van der Waals surface area (Å²) in [5.74, 6) is 0.532. The Labute approximate surface area is 135 Å². The standard InChI is InChI=1S/C20H29NO/c1-14-10-18-7-6-17(12-19(18)11-15(14)2)16(3)20(13-22-4)8-5-9-21-20/h10-12,16,21H,5-9,13H2,1-4H3. The average molecular weight is 299 g/mol. The van der Waals surface area contributed by atoms with Crippen LogP contribution in [0.3, 0.4) is 0 Å². The number of aryl methyl sites for hydroxylation is 3. The van der Waals surface area contributed by atoms with Gasteiger partial charge in [-0.15, -0.1) is 0 Å². The van der Waals surface area contributed by atoms with Crippen LogP contribution in [0.1, 0.15) is 48.4 Å². The largest absolute Gasteiger partial charge is 0.383 e. The lowest BCUT2D eigenvalue weighted by Crippen LogP contribution is -2.50. The Morgan fingerprint density at radius 1 is 1.23 bits per heavy atom. The maximum atomic E-state index is 5.56. The second kappa shape index (κ2) is 6.17. The van der Waals surface area contributed by atoms with Crippen molar-refractivity contribution in [3.05, 3.63) is 40.0 Å². The number of hydrogen-bond acceptors (Lipinski definition) is 2. The molecule has 1 aromatic carbocycles. The molecule has 1 heterocycles. The Balaban J connectivity index is 1.91. The Morgan fingerprint density at radius 2 is 2.00 bits per heavy atom. The maximum absolute atomic E-state index is 5.56. The van der Waals surface area contributed by atoms with Gasteiger partial charge < -0.3 is 10.1 Å². The fourth-order valence-corrected chi connectivity index (χ4v) is 4.20. The maximum Gasteiger partial charge on any atom is 0.0650 e. The summed E-state index contributed by atoms with van der Waals surface area (Å²) in [5, 5.41) is 3.75. The normalized spacial score (nSPS) is 25.7. The van der Waals surface area contributed by atoms with Gasteiger partial charge in [0.25, 0.3) is 0 Å². The average Bonchev–Trinajstić information content (AvgIpc) is 2.97. The highest BCUT2D eigenvalue weighted by molar-refractivity contribution is 5.62. The lowest BCUT2D eigenvalue weighted by Gasteiger charge is -2.38. The Bertz CT molecular complexity index is 582. The molecule has 1 aliphatic heterocycles. The van der Waals surface area contributed by atoms with Gasteiger partial charge in [-0.05, 0) is 74.2 Å². The first kappa shape index (κ1) is 15.8. The third-order valence-electron chi connectivity index (χ3n) is 5.84. The SMILES string of the molecule is COCC1(C(C)C2=Cc3cc(C)c(C)cc3CC2)CCCN1. The number of fused-ring (bicyclic) bond motifs is 1. The van der Waals surface area contributed by atoms with Crippen molar-refractivity contribution >= 4 is 6.08 Å². The number of benzene rings is 1. The van der Waals surface area contributed by atoms with Crippen molar-refractivity contribution in [2.75, 3.05) is 20.3 Å². The topological polar surface area (TPSA) is 21.3 Å². The Kier molecular flexibility index (Phi) is 4.42. The highest BCUT2D eigenvalue weighted by atomic mass is 16.5. The third kappa shape index (κ3) is 2.75. The van der Waals surface area contributed by atoms with Crippen molar-refractivity contribution in [3.63, 3.8) is 0 Å². The van der Waals surface area contributed by atoms with E-state index in [0.717, 1.165) is 13.2 Å². The van der Waals surface area contributed by atoms with E-state index in [1.807, 2.05) is 7.11 Å². The number of hydrogen-bond donors (Lipinski definition) is 1. The van der Waals surface area contributed by atoms with Crippen molar-refractivity contribution < 1.29 is 4.74 Å². The van der Waals surface area contributed by atoms with E-state index in [2.05, 4.69) is 44.3 Å². The minimum Gasteiger partial charge on any atom is -0.383 e. The summed E-state index contributed by atoms with van der Waals surface area (Å²) in [5.41, 5.74) is 7.48. The molecular formula is C20H29NO. The van der Waals surface area contributed by atoms with E-state index in [1.54, 1.807) is 5.57 Å². The van der Waals surface area contributed by atoms with Crippen LogP contribution in [-0.4, -0.2) is 25.8 Å². The van der Waals surface area contributed by atoms with Crippen molar-refractivity contribution in [2.24, 2.45) is 5.92 Å². The molecule has 0 radical (unpaired) electrons. The molecule has 0 aromatic heterocycles. The van der Waals surface area contributed by atoms with E-state index in [0.29, 0.717) is 5.92 Å². The summed E-state index contributed by atoms with van der Waals surface area (Å²) in [4.78, 5) is 0. The lowest BCUT2D eigenvalue weighted by molar-refractivity contribution is 0.0952. The smallest absolute Gasteiger partial charge is 0.0650 e. The molecule has 120 valence electrons. The summed E-state index contributed by atoms with van der Waals surface area (Å²) < 4.78 is 5.56. The zero-order chi connectivity index (χ0) is 15.7. The van der Waals surface area contributed by atoms with Crippen LogP contribution in [0.4, 0.5) is 0 Å². The number of rotatable bonds is 4. The van der Waals surface area contributed by atoms with Gasteiger partial charge in [0.05, 0.1) is 6.61 Å². The van der Waals surface area contributed by atoms with E-state index in [-0.39, 0.29) is 5.54 Å².